The van der Waals surface area contributed by atoms with Gasteiger partial charge in [-0.25, -0.2) is 9.59 Å². The van der Waals surface area contributed by atoms with E-state index >= 15 is 0 Å². The van der Waals surface area contributed by atoms with Gasteiger partial charge in [-0.3, -0.25) is 9.59 Å². The van der Waals surface area contributed by atoms with Crippen LogP contribution in [0.5, 0.6) is 11.5 Å². The maximum atomic E-state index is 10.7. The van der Waals surface area contributed by atoms with E-state index in [1.807, 2.05) is 0 Å². The van der Waals surface area contributed by atoms with Gasteiger partial charge in [0.05, 0.1) is 0 Å². The van der Waals surface area contributed by atoms with Crippen molar-refractivity contribution in [2.24, 2.45) is 0 Å². The first kappa shape index (κ1) is 20.4. The Morgan fingerprint density at radius 1 is 0.577 bits per heavy atom. The van der Waals surface area contributed by atoms with E-state index in [2.05, 4.69) is 0 Å². The molecule has 2 aromatic rings. The molecular formula is C18H16O8. The molecule has 8 heteroatoms. The van der Waals surface area contributed by atoms with E-state index in [0.29, 0.717) is 11.1 Å². The highest BCUT2D eigenvalue weighted by Crippen LogP contribution is 2.10. The zero-order valence-corrected chi connectivity index (χ0v) is 13.5. The summed E-state index contributed by atoms with van der Waals surface area (Å²) in [6, 6.07) is 11.7. The molecule has 0 radical (unpaired) electrons. The van der Waals surface area contributed by atoms with Crippen molar-refractivity contribution < 1.29 is 39.6 Å². The van der Waals surface area contributed by atoms with Crippen molar-refractivity contribution in [1.29, 1.82) is 0 Å². The Labute approximate surface area is 148 Å². The molecule has 0 saturated carbocycles. The van der Waals surface area contributed by atoms with Crippen LogP contribution in [0.2, 0.25) is 0 Å². The Bertz CT molecular complexity index is 721. The highest BCUT2D eigenvalue weighted by molar-refractivity contribution is 6.33. The Hall–Kier alpha value is -3.68. The van der Waals surface area contributed by atoms with Crippen LogP contribution in [0, 0.1) is 0 Å². The second-order valence-corrected chi connectivity index (χ2v) is 5.14. The summed E-state index contributed by atoms with van der Waals surface area (Å²) >= 11 is 0. The number of phenolic OH excluding ortho intramolecular Hbond substituents is 2. The van der Waals surface area contributed by atoms with Gasteiger partial charge in [0.25, 0.3) is 0 Å². The van der Waals surface area contributed by atoms with Gasteiger partial charge in [-0.05, 0) is 35.4 Å². The molecule has 0 heterocycles. The first-order chi connectivity index (χ1) is 12.2. The largest absolute Gasteiger partial charge is 0.508 e. The molecule has 0 aromatic heterocycles. The Morgan fingerprint density at radius 3 is 1.08 bits per heavy atom. The number of aliphatic carboxylic acids is 2. The van der Waals surface area contributed by atoms with E-state index < -0.39 is 23.5 Å². The number of carbonyl (C=O) groups is 4. The first-order valence-corrected chi connectivity index (χ1v) is 7.27. The number of ketones is 2. The lowest BCUT2D eigenvalue weighted by Crippen LogP contribution is -2.14. The number of hydrogen-bond donors (Lipinski definition) is 4. The van der Waals surface area contributed by atoms with Gasteiger partial charge in [-0.2, -0.15) is 0 Å². The van der Waals surface area contributed by atoms with Gasteiger partial charge < -0.3 is 20.4 Å². The normalized spacial score (nSPS) is 9.54. The molecule has 136 valence electrons. The number of carboxylic acids is 2. The molecule has 0 aliphatic carbocycles. The van der Waals surface area contributed by atoms with Crippen molar-refractivity contribution in [3.63, 3.8) is 0 Å². The minimum absolute atomic E-state index is 0.0894. The third-order valence-electron chi connectivity index (χ3n) is 3.08. The standard InChI is InChI=1S/2C9H8O4/c2*10-7-3-1-6(2-4-7)5-8(11)9(12)13/h2*1-4,10H,5H2,(H,12,13). The van der Waals surface area contributed by atoms with Crippen LogP contribution in [0.1, 0.15) is 11.1 Å². The highest BCUT2D eigenvalue weighted by atomic mass is 16.4. The number of Topliss-reactive ketones (excluding diaryl/α,β-unsaturated/α-hetero) is 2. The molecule has 0 unspecified atom stereocenters. The van der Waals surface area contributed by atoms with Crippen LogP contribution in [-0.4, -0.2) is 43.9 Å². The molecule has 0 bridgehead atoms. The lowest BCUT2D eigenvalue weighted by molar-refractivity contribution is -0.148. The fourth-order valence-corrected chi connectivity index (χ4v) is 1.75. The van der Waals surface area contributed by atoms with E-state index in [4.69, 9.17) is 20.4 Å². The third kappa shape index (κ3) is 7.26. The smallest absolute Gasteiger partial charge is 0.372 e. The molecule has 0 saturated heterocycles. The monoisotopic (exact) mass is 360 g/mol. The predicted octanol–water partition coefficient (Wildman–Crippen LogP) is 1.18. The quantitative estimate of drug-likeness (QED) is 0.561. The van der Waals surface area contributed by atoms with Gasteiger partial charge in [0, 0.05) is 12.8 Å². The molecule has 0 amide bonds. The van der Waals surface area contributed by atoms with Crippen LogP contribution in [0.4, 0.5) is 0 Å². The number of benzene rings is 2. The molecule has 8 nitrogen and oxygen atoms in total. The van der Waals surface area contributed by atoms with Crippen LogP contribution < -0.4 is 0 Å². The fraction of sp³-hybridized carbons (Fsp3) is 0.111. The lowest BCUT2D eigenvalue weighted by atomic mass is 10.1. The second kappa shape index (κ2) is 9.58. The van der Waals surface area contributed by atoms with Gasteiger partial charge in [-0.15, -0.1) is 0 Å². The number of aromatic hydroxyl groups is 2. The summed E-state index contributed by atoms with van der Waals surface area (Å²) in [5.74, 6) is -4.41. The number of carboxylic acid groups (broad SMARTS) is 2. The zero-order chi connectivity index (χ0) is 19.7. The Kier molecular flexibility index (Phi) is 7.50. The average Bonchev–Trinajstić information content (AvgIpc) is 2.59. The minimum Gasteiger partial charge on any atom is -0.508 e. The molecule has 0 fully saturated rings. The fourth-order valence-electron chi connectivity index (χ4n) is 1.75. The van der Waals surface area contributed by atoms with Crippen molar-refractivity contribution in [2.45, 2.75) is 12.8 Å². The predicted molar refractivity (Wildman–Crippen MR) is 88.9 cm³/mol. The topological polar surface area (TPSA) is 149 Å². The lowest BCUT2D eigenvalue weighted by Gasteiger charge is -1.97. The van der Waals surface area contributed by atoms with E-state index in [-0.39, 0.29) is 24.3 Å². The highest BCUT2D eigenvalue weighted by Gasteiger charge is 2.12. The van der Waals surface area contributed by atoms with Crippen molar-refractivity contribution in [1.82, 2.24) is 0 Å². The van der Waals surface area contributed by atoms with Gasteiger partial charge in [0.2, 0.25) is 11.6 Å². The minimum atomic E-state index is -1.44. The van der Waals surface area contributed by atoms with Gasteiger partial charge in [-0.1, -0.05) is 24.3 Å². The van der Waals surface area contributed by atoms with E-state index in [0.717, 1.165) is 0 Å². The molecule has 0 spiro atoms. The molecule has 0 aliphatic heterocycles. The van der Waals surface area contributed by atoms with E-state index in [1.54, 1.807) is 0 Å². The summed E-state index contributed by atoms with van der Waals surface area (Å²) in [6.07, 6.45) is -0.286. The molecular weight excluding hydrogens is 344 g/mol. The van der Waals surface area contributed by atoms with Crippen LogP contribution >= 0.6 is 0 Å². The van der Waals surface area contributed by atoms with E-state index in [9.17, 15) is 19.2 Å². The zero-order valence-electron chi connectivity index (χ0n) is 13.5. The van der Waals surface area contributed by atoms with Gasteiger partial charge in [0.15, 0.2) is 0 Å². The summed E-state index contributed by atoms with van der Waals surface area (Å²) in [4.78, 5) is 41.8. The maximum absolute atomic E-state index is 10.7. The summed E-state index contributed by atoms with van der Waals surface area (Å²) in [6.45, 7) is 0. The van der Waals surface area contributed by atoms with Crippen LogP contribution in [0.25, 0.3) is 0 Å². The van der Waals surface area contributed by atoms with Crippen molar-refractivity contribution in [3.05, 3.63) is 59.7 Å². The van der Waals surface area contributed by atoms with Crippen LogP contribution in [0.15, 0.2) is 48.5 Å². The van der Waals surface area contributed by atoms with Gasteiger partial charge >= 0.3 is 11.9 Å². The first-order valence-electron chi connectivity index (χ1n) is 7.27. The molecule has 0 aliphatic rings. The average molecular weight is 360 g/mol. The van der Waals surface area contributed by atoms with Crippen LogP contribution in [-0.2, 0) is 32.0 Å². The number of rotatable bonds is 6. The summed E-state index contributed by atoms with van der Waals surface area (Å²) in [5, 5.41) is 34.4. The Morgan fingerprint density at radius 2 is 0.846 bits per heavy atom. The second-order valence-electron chi connectivity index (χ2n) is 5.14. The van der Waals surface area contributed by atoms with E-state index in [1.165, 1.54) is 48.5 Å². The summed E-state index contributed by atoms with van der Waals surface area (Å²) in [5.41, 5.74) is 1.15. The van der Waals surface area contributed by atoms with Crippen molar-refractivity contribution in [3.8, 4) is 11.5 Å². The van der Waals surface area contributed by atoms with Crippen molar-refractivity contribution >= 4 is 23.5 Å². The summed E-state index contributed by atoms with van der Waals surface area (Å²) < 4.78 is 0. The van der Waals surface area contributed by atoms with Crippen molar-refractivity contribution in [2.75, 3.05) is 0 Å². The maximum Gasteiger partial charge on any atom is 0.372 e. The Balaban J connectivity index is 0.000000260. The number of phenols is 2. The van der Waals surface area contributed by atoms with Gasteiger partial charge in [0.1, 0.15) is 11.5 Å². The SMILES string of the molecule is O=C(O)C(=O)Cc1ccc(O)cc1.O=C(O)C(=O)Cc1ccc(O)cc1. The summed E-state index contributed by atoms with van der Waals surface area (Å²) in [7, 11) is 0. The molecule has 0 atom stereocenters. The number of carbonyl (C=O) groups excluding carboxylic acids is 2. The molecule has 4 N–H and O–H groups in total. The molecule has 26 heavy (non-hydrogen) atoms. The molecule has 2 rings (SSSR count). The van der Waals surface area contributed by atoms with Crippen LogP contribution in [0.3, 0.4) is 0 Å². The molecule has 2 aromatic carbocycles. The number of hydrogen-bond acceptors (Lipinski definition) is 6. The third-order valence-corrected chi connectivity index (χ3v) is 3.08.